The highest BCUT2D eigenvalue weighted by Crippen LogP contribution is 2.14. The molecule has 0 N–H and O–H groups in total. The van der Waals surface area contributed by atoms with Gasteiger partial charge in [-0.1, -0.05) is 152 Å². The Morgan fingerprint density at radius 2 is 0.930 bits per heavy atom. The molecule has 57 heavy (non-hydrogen) atoms. The summed E-state index contributed by atoms with van der Waals surface area (Å²) in [6.45, 7) is 4.42. The highest BCUT2D eigenvalue weighted by Gasteiger charge is 2.25. The molecular weight excluding hydrogens is 715 g/mol. The van der Waals surface area contributed by atoms with E-state index in [2.05, 4.69) is 74.6 Å². The van der Waals surface area contributed by atoms with Gasteiger partial charge in [-0.2, -0.15) is 0 Å². The highest BCUT2D eigenvalue weighted by atomic mass is 16.6. The number of hydrogen-bond donors (Lipinski definition) is 0. The fourth-order valence-electron chi connectivity index (χ4n) is 6.42. The Hall–Kier alpha value is -2.97. The normalized spacial score (nSPS) is 13.5. The number of nitrogens with zero attached hydrogens (tertiary/aromatic N) is 1. The lowest BCUT2D eigenvalue weighted by atomic mass is 10.0. The molecule has 0 radical (unpaired) electrons. The van der Waals surface area contributed by atoms with Gasteiger partial charge in [0.2, 0.25) is 0 Å². The van der Waals surface area contributed by atoms with Gasteiger partial charge in [0.05, 0.1) is 40.3 Å². The van der Waals surface area contributed by atoms with E-state index in [1.54, 1.807) is 21.1 Å². The van der Waals surface area contributed by atoms with E-state index in [0.29, 0.717) is 12.8 Å². The second-order valence-electron chi connectivity index (χ2n) is 16.2. The molecule has 0 saturated heterocycles. The summed E-state index contributed by atoms with van der Waals surface area (Å²) in [6, 6.07) is -0.730. The molecule has 0 bridgehead atoms. The number of rotatable bonds is 40. The average Bonchev–Trinajstić information content (AvgIpc) is 3.17. The van der Waals surface area contributed by atoms with Crippen molar-refractivity contribution in [2.24, 2.45) is 0 Å². The average molecular weight is 800 g/mol. The maximum absolute atomic E-state index is 12.7. The number of carboxylic acid groups (broad SMARTS) is 1. The van der Waals surface area contributed by atoms with Gasteiger partial charge in [0.15, 0.2) is 6.10 Å². The van der Waals surface area contributed by atoms with Gasteiger partial charge in [0, 0.05) is 19.3 Å². The van der Waals surface area contributed by atoms with Gasteiger partial charge in [0.1, 0.15) is 12.6 Å². The maximum Gasteiger partial charge on any atom is 0.306 e. The molecule has 328 valence electrons. The van der Waals surface area contributed by atoms with Crippen LogP contribution in [0.1, 0.15) is 181 Å². The Morgan fingerprint density at radius 1 is 0.526 bits per heavy atom. The molecule has 0 aliphatic carbocycles. The molecule has 0 fully saturated rings. The first-order chi connectivity index (χ1) is 27.6. The van der Waals surface area contributed by atoms with Gasteiger partial charge in [0.25, 0.3) is 0 Å². The van der Waals surface area contributed by atoms with Crippen molar-refractivity contribution in [3.63, 3.8) is 0 Å². The van der Waals surface area contributed by atoms with Crippen LogP contribution < -0.4 is 5.11 Å². The minimum absolute atomic E-state index is 0.0326. The number of esters is 2. The molecule has 0 amide bonds. The first kappa shape index (κ1) is 54.0. The van der Waals surface area contributed by atoms with Crippen molar-refractivity contribution in [3.05, 3.63) is 60.8 Å². The summed E-state index contributed by atoms with van der Waals surface area (Å²) in [4.78, 5) is 36.9. The van der Waals surface area contributed by atoms with Gasteiger partial charge in [-0.25, -0.2) is 0 Å². The summed E-state index contributed by atoms with van der Waals surface area (Å²) < 4.78 is 17.2. The lowest BCUT2D eigenvalue weighted by Crippen LogP contribution is -2.55. The fraction of sp³-hybridized carbons (Fsp3) is 0.735. The first-order valence-electron chi connectivity index (χ1n) is 22.8. The predicted molar refractivity (Wildman–Crippen MR) is 236 cm³/mol. The van der Waals surface area contributed by atoms with E-state index in [0.717, 1.165) is 89.9 Å². The van der Waals surface area contributed by atoms with E-state index in [1.165, 1.54) is 57.8 Å². The van der Waals surface area contributed by atoms with Crippen LogP contribution in [0.3, 0.4) is 0 Å². The molecule has 0 spiro atoms. The minimum atomic E-state index is -1.13. The number of unbranched alkanes of at least 4 members (excludes halogenated alkanes) is 16. The number of quaternary nitrogens is 1. The van der Waals surface area contributed by atoms with Crippen LogP contribution >= 0.6 is 0 Å². The van der Waals surface area contributed by atoms with Gasteiger partial charge < -0.3 is 28.6 Å². The molecule has 0 aromatic carbocycles. The molecule has 2 atom stereocenters. The summed E-state index contributed by atoms with van der Waals surface area (Å²) in [7, 11) is 5.40. The second kappa shape index (κ2) is 39.8. The van der Waals surface area contributed by atoms with Crippen molar-refractivity contribution in [3.8, 4) is 0 Å². The Labute approximate surface area is 349 Å². The summed E-state index contributed by atoms with van der Waals surface area (Å²) in [5.74, 6) is -1.76. The third kappa shape index (κ3) is 38.3. The number of likely N-dealkylation sites (N-methyl/N-ethyl adjacent to an activating group) is 1. The van der Waals surface area contributed by atoms with Gasteiger partial charge in [-0.3, -0.25) is 9.59 Å². The van der Waals surface area contributed by atoms with Crippen LogP contribution in [0.4, 0.5) is 0 Å². The predicted octanol–water partition coefficient (Wildman–Crippen LogP) is 11.2. The number of ether oxygens (including phenoxy) is 3. The van der Waals surface area contributed by atoms with Crippen molar-refractivity contribution in [1.29, 1.82) is 0 Å². The van der Waals surface area contributed by atoms with Crippen LogP contribution in [0, 0.1) is 0 Å². The van der Waals surface area contributed by atoms with Gasteiger partial charge in [-0.05, 0) is 70.6 Å². The van der Waals surface area contributed by atoms with Crippen LogP contribution in [0.25, 0.3) is 0 Å². The molecular formula is C49H85NO7. The zero-order valence-electron chi connectivity index (χ0n) is 37.2. The van der Waals surface area contributed by atoms with Crippen molar-refractivity contribution in [1.82, 2.24) is 0 Å². The quantitative estimate of drug-likeness (QED) is 0.0263. The Morgan fingerprint density at radius 3 is 1.37 bits per heavy atom. The molecule has 0 aliphatic heterocycles. The van der Waals surface area contributed by atoms with Crippen LogP contribution in [0.15, 0.2) is 60.8 Å². The smallest absolute Gasteiger partial charge is 0.306 e. The molecule has 8 nitrogen and oxygen atoms in total. The van der Waals surface area contributed by atoms with Crippen molar-refractivity contribution < 1.29 is 38.2 Å². The van der Waals surface area contributed by atoms with Crippen LogP contribution in [0.5, 0.6) is 0 Å². The molecule has 0 heterocycles. The van der Waals surface area contributed by atoms with Crippen LogP contribution in [-0.4, -0.2) is 75.5 Å². The number of carboxylic acids is 1. The summed E-state index contributed by atoms with van der Waals surface area (Å²) in [6.07, 6.45) is 48.2. The second-order valence-corrected chi connectivity index (χ2v) is 16.2. The fourth-order valence-corrected chi connectivity index (χ4v) is 6.42. The number of hydrogen-bond acceptors (Lipinski definition) is 7. The number of allylic oxidation sites excluding steroid dienone is 10. The number of aliphatic carboxylic acids is 1. The monoisotopic (exact) mass is 800 g/mol. The summed E-state index contributed by atoms with van der Waals surface area (Å²) in [5, 5.41) is 11.6. The van der Waals surface area contributed by atoms with Crippen molar-refractivity contribution in [2.75, 3.05) is 41.0 Å². The summed E-state index contributed by atoms with van der Waals surface area (Å²) in [5.41, 5.74) is 0. The zero-order chi connectivity index (χ0) is 42.1. The maximum atomic E-state index is 12.7. The molecule has 0 aromatic rings. The third-order valence-corrected chi connectivity index (χ3v) is 9.90. The van der Waals surface area contributed by atoms with Crippen molar-refractivity contribution >= 4 is 17.9 Å². The van der Waals surface area contributed by atoms with Crippen LogP contribution in [-0.2, 0) is 28.6 Å². The van der Waals surface area contributed by atoms with Gasteiger partial charge in [-0.15, -0.1) is 0 Å². The lowest BCUT2D eigenvalue weighted by molar-refractivity contribution is -0.889. The summed E-state index contributed by atoms with van der Waals surface area (Å²) >= 11 is 0. The number of carbonyl (C=O) groups excluding carboxylic acids is 3. The first-order valence-corrected chi connectivity index (χ1v) is 22.8. The van der Waals surface area contributed by atoms with E-state index in [1.807, 2.05) is 0 Å². The molecule has 0 aromatic heterocycles. The van der Waals surface area contributed by atoms with Gasteiger partial charge >= 0.3 is 11.9 Å². The number of carbonyl (C=O) groups is 3. The Balaban J connectivity index is 4.25. The highest BCUT2D eigenvalue weighted by molar-refractivity contribution is 5.70. The largest absolute Gasteiger partial charge is 0.544 e. The van der Waals surface area contributed by atoms with Crippen LogP contribution in [0.2, 0.25) is 0 Å². The third-order valence-electron chi connectivity index (χ3n) is 9.90. The lowest BCUT2D eigenvalue weighted by Gasteiger charge is -2.34. The van der Waals surface area contributed by atoms with E-state index < -0.39 is 18.1 Å². The molecule has 0 rings (SSSR count). The Kier molecular flexibility index (Phi) is 37.8. The molecule has 0 saturated carbocycles. The van der Waals surface area contributed by atoms with E-state index in [9.17, 15) is 19.5 Å². The molecule has 8 heteroatoms. The zero-order valence-corrected chi connectivity index (χ0v) is 37.2. The van der Waals surface area contributed by atoms with Crippen molar-refractivity contribution in [2.45, 2.75) is 193 Å². The SMILES string of the molecule is CC/C=C/C/C=C/C/C=C/CCCCCCCCCCCCCC(=O)OCC(COCCC(C(=O)[O-])[N+](C)(C)C)OC(=O)CCCCCCC/C=C/C/C=C/CC. The topological polar surface area (TPSA) is 102 Å². The van der Waals surface area contributed by atoms with E-state index in [4.69, 9.17) is 14.2 Å². The van der Waals surface area contributed by atoms with E-state index in [-0.39, 0.29) is 42.7 Å². The minimum Gasteiger partial charge on any atom is -0.544 e. The standard InChI is InChI=1S/C49H85NO7/c1-6-8-10-12-14-16-18-20-21-22-23-24-25-26-27-28-30-31-33-35-37-39-47(51)56-44-45(43-55-42-41-46(49(53)54)50(3,4)5)57-48(52)40-38-36-34-32-29-19-17-15-13-11-9-7-2/h8-11,14-17,20-21,45-46H,6-7,12-13,18-19,22-44H2,1-5H3/b10-8+,11-9+,16-14+,17-15+,21-20+. The molecule has 0 aliphatic rings. The Bertz CT molecular complexity index is 1120. The molecule has 2 unspecified atom stereocenters. The van der Waals surface area contributed by atoms with E-state index >= 15 is 0 Å².